The molecule has 0 aromatic heterocycles. The third kappa shape index (κ3) is 3.36. The van der Waals surface area contributed by atoms with Crippen LogP contribution in [0.2, 0.25) is 0 Å². The van der Waals surface area contributed by atoms with E-state index in [1.165, 1.54) is 0 Å². The van der Waals surface area contributed by atoms with Crippen molar-refractivity contribution >= 4 is 134 Å². The highest BCUT2D eigenvalue weighted by Gasteiger charge is 2.37. The molecule has 0 saturated heterocycles. The van der Waals surface area contributed by atoms with E-state index in [0.29, 0.717) is 97.3 Å². The lowest BCUT2D eigenvalue weighted by atomic mass is 9.77. The predicted molar refractivity (Wildman–Crippen MR) is 213 cm³/mol. The van der Waals surface area contributed by atoms with E-state index in [2.05, 4.69) is 0 Å². The van der Waals surface area contributed by atoms with Gasteiger partial charge in [-0.15, -0.1) is 0 Å². The lowest BCUT2D eigenvalue weighted by Gasteiger charge is -2.27. The standard InChI is InChI=1S/C48H14O12/c49-41-21-7-1-15-17-3-9-25-37-29(47(55)59-45(25)53)13-27(33(39(17)37)19-5-11-23(43(51)57-41)35(21)31(15)19)28-14-30-38-26(46(54)60-48(30)56)10-4-18-16-2-8-22-36-24(44(52)58-42(22)50)12-6-20(32(16)36)34(28)40(18)38/h1-14H. The number of carbonyl (C=O) groups excluding carboxylic acids is 8. The second-order valence-corrected chi connectivity index (χ2v) is 15.4. The molecule has 60 heavy (non-hydrogen) atoms. The van der Waals surface area contributed by atoms with Gasteiger partial charge >= 0.3 is 47.8 Å². The molecule has 14 rings (SSSR count). The van der Waals surface area contributed by atoms with Crippen LogP contribution in [0.4, 0.5) is 0 Å². The molecular formula is C48H14O12. The maximum Gasteiger partial charge on any atom is 0.346 e. The van der Waals surface area contributed by atoms with E-state index < -0.39 is 47.8 Å². The Balaban J connectivity index is 1.29. The Morgan fingerprint density at radius 2 is 0.433 bits per heavy atom. The van der Waals surface area contributed by atoms with Crippen molar-refractivity contribution in [1.29, 1.82) is 0 Å². The van der Waals surface area contributed by atoms with Crippen LogP contribution in [-0.4, -0.2) is 47.8 Å². The van der Waals surface area contributed by atoms with Gasteiger partial charge in [0.05, 0.1) is 44.5 Å². The van der Waals surface area contributed by atoms with Crippen molar-refractivity contribution in [2.75, 3.05) is 0 Å². The molecule has 4 aliphatic heterocycles. The topological polar surface area (TPSA) is 173 Å². The highest BCUT2D eigenvalue weighted by Crippen LogP contribution is 2.54. The molecule has 0 unspecified atom stereocenters. The number of hydrogen-bond donors (Lipinski definition) is 0. The van der Waals surface area contributed by atoms with Crippen molar-refractivity contribution < 1.29 is 57.3 Å². The highest BCUT2D eigenvalue weighted by molar-refractivity contribution is 6.45. The Morgan fingerprint density at radius 1 is 0.200 bits per heavy atom. The van der Waals surface area contributed by atoms with Crippen molar-refractivity contribution in [3.05, 3.63) is 129 Å². The molecule has 0 aliphatic carbocycles. The molecule has 10 aromatic rings. The minimum Gasteiger partial charge on any atom is -0.386 e. The monoisotopic (exact) mass is 782 g/mol. The molecule has 0 saturated carbocycles. The van der Waals surface area contributed by atoms with Gasteiger partial charge in [-0.25, -0.2) is 38.4 Å². The summed E-state index contributed by atoms with van der Waals surface area (Å²) in [5.74, 6) is -6.69. The first kappa shape index (κ1) is 31.4. The van der Waals surface area contributed by atoms with Crippen LogP contribution in [0.25, 0.3) is 97.3 Å². The van der Waals surface area contributed by atoms with Gasteiger partial charge in [-0.1, -0.05) is 36.4 Å². The molecular weight excluding hydrogens is 769 g/mol. The average Bonchev–Trinajstić information content (AvgIpc) is 3.24. The summed E-state index contributed by atoms with van der Waals surface area (Å²) >= 11 is 0. The zero-order valence-corrected chi connectivity index (χ0v) is 30.0. The van der Waals surface area contributed by atoms with Gasteiger partial charge in [0.15, 0.2) is 0 Å². The van der Waals surface area contributed by atoms with Gasteiger partial charge in [-0.2, -0.15) is 0 Å². The van der Waals surface area contributed by atoms with Crippen LogP contribution in [0, 0.1) is 0 Å². The number of rotatable bonds is 1. The SMILES string of the molecule is O=C1OC(=O)c2ccc3c4c(-c5cc6c7c(ccc8c9ccc%10c%11c(ccc(c5c78)c%119)C(=O)OC%10=O)C(=O)OC6=O)cc5c6c(ccc(c7ccc1c2c73)c64)C(=O)OC5=O. The third-order valence-electron chi connectivity index (χ3n) is 12.8. The molecule has 12 heteroatoms. The van der Waals surface area contributed by atoms with E-state index in [9.17, 15) is 38.4 Å². The molecule has 0 atom stereocenters. The van der Waals surface area contributed by atoms with E-state index in [0.717, 1.165) is 0 Å². The van der Waals surface area contributed by atoms with Crippen LogP contribution in [0.5, 0.6) is 0 Å². The molecule has 0 radical (unpaired) electrons. The summed E-state index contributed by atoms with van der Waals surface area (Å²) < 4.78 is 20.8. The Hall–Kier alpha value is -8.64. The summed E-state index contributed by atoms with van der Waals surface area (Å²) in [5.41, 5.74) is 1.95. The van der Waals surface area contributed by atoms with Crippen molar-refractivity contribution in [3.8, 4) is 11.1 Å². The predicted octanol–water partition coefficient (Wildman–Crippen LogP) is 8.70. The zero-order chi connectivity index (χ0) is 40.4. The van der Waals surface area contributed by atoms with Gasteiger partial charge in [0.1, 0.15) is 0 Å². The number of hydrogen-bond acceptors (Lipinski definition) is 12. The molecule has 10 aromatic carbocycles. The lowest BCUT2D eigenvalue weighted by molar-refractivity contribution is 0.0373. The molecule has 0 spiro atoms. The average molecular weight is 783 g/mol. The molecule has 12 nitrogen and oxygen atoms in total. The summed E-state index contributed by atoms with van der Waals surface area (Å²) in [6, 6.07) is 23.1. The summed E-state index contributed by atoms with van der Waals surface area (Å²) in [4.78, 5) is 107. The van der Waals surface area contributed by atoms with Gasteiger partial charge < -0.3 is 18.9 Å². The van der Waals surface area contributed by atoms with Crippen molar-refractivity contribution in [2.24, 2.45) is 0 Å². The summed E-state index contributed by atoms with van der Waals surface area (Å²) in [6.07, 6.45) is 0. The van der Waals surface area contributed by atoms with Crippen LogP contribution >= 0.6 is 0 Å². The summed E-state index contributed by atoms with van der Waals surface area (Å²) in [7, 11) is 0. The van der Waals surface area contributed by atoms with Crippen LogP contribution in [-0.2, 0) is 18.9 Å². The molecule has 0 N–H and O–H groups in total. The number of ether oxygens (including phenoxy) is 4. The van der Waals surface area contributed by atoms with Crippen LogP contribution in [0.15, 0.2) is 84.9 Å². The number of fused-ring (bicyclic) bond motifs is 4. The first-order valence-corrected chi connectivity index (χ1v) is 18.6. The van der Waals surface area contributed by atoms with Gasteiger partial charge in [-0.3, -0.25) is 0 Å². The summed E-state index contributed by atoms with van der Waals surface area (Å²) in [6.45, 7) is 0. The normalized spacial score (nSPS) is 15.8. The fraction of sp³-hybridized carbons (Fsp3) is 0. The minimum absolute atomic E-state index is 0.0717. The van der Waals surface area contributed by atoms with Gasteiger partial charge in [-0.05, 0) is 124 Å². The maximum atomic E-state index is 13.9. The molecule has 4 aliphatic rings. The third-order valence-corrected chi connectivity index (χ3v) is 12.8. The summed E-state index contributed by atoms with van der Waals surface area (Å²) in [5, 5.41) is 8.18. The second-order valence-electron chi connectivity index (χ2n) is 15.4. The highest BCUT2D eigenvalue weighted by atomic mass is 16.6. The Labute approximate surface area is 331 Å². The second kappa shape index (κ2) is 9.89. The van der Waals surface area contributed by atoms with Gasteiger partial charge in [0, 0.05) is 21.5 Å². The Kier molecular flexibility index (Phi) is 5.19. The fourth-order valence-electron chi connectivity index (χ4n) is 10.5. The largest absolute Gasteiger partial charge is 0.386 e. The van der Waals surface area contributed by atoms with Crippen LogP contribution in [0.3, 0.4) is 0 Å². The van der Waals surface area contributed by atoms with Crippen molar-refractivity contribution in [1.82, 2.24) is 0 Å². The van der Waals surface area contributed by atoms with E-state index in [1.807, 2.05) is 0 Å². The number of benzene rings is 10. The number of carbonyl (C=O) groups is 8. The van der Waals surface area contributed by atoms with Gasteiger partial charge in [0.2, 0.25) is 0 Å². The Morgan fingerprint density at radius 3 is 0.733 bits per heavy atom. The number of cyclic esters (lactones) is 8. The molecule has 4 heterocycles. The quantitative estimate of drug-likeness (QED) is 0.0510. The first-order valence-electron chi connectivity index (χ1n) is 18.6. The smallest absolute Gasteiger partial charge is 0.346 e. The van der Waals surface area contributed by atoms with E-state index in [1.54, 1.807) is 84.9 Å². The maximum absolute atomic E-state index is 13.9. The lowest BCUT2D eigenvalue weighted by Crippen LogP contribution is -2.21. The number of esters is 8. The van der Waals surface area contributed by atoms with Crippen molar-refractivity contribution in [3.63, 3.8) is 0 Å². The van der Waals surface area contributed by atoms with E-state index >= 15 is 0 Å². The molecule has 278 valence electrons. The Bertz CT molecular complexity index is 3740. The van der Waals surface area contributed by atoms with Gasteiger partial charge in [0.25, 0.3) is 0 Å². The molecule has 0 amide bonds. The molecule has 0 bridgehead atoms. The van der Waals surface area contributed by atoms with E-state index in [-0.39, 0.29) is 44.5 Å². The van der Waals surface area contributed by atoms with Crippen LogP contribution in [0.1, 0.15) is 82.9 Å². The fourth-order valence-corrected chi connectivity index (χ4v) is 10.5. The minimum atomic E-state index is -0.897. The van der Waals surface area contributed by atoms with Crippen molar-refractivity contribution in [2.45, 2.75) is 0 Å². The van der Waals surface area contributed by atoms with E-state index in [4.69, 9.17) is 18.9 Å². The van der Waals surface area contributed by atoms with Crippen LogP contribution < -0.4 is 0 Å². The molecule has 0 fully saturated rings. The zero-order valence-electron chi connectivity index (χ0n) is 30.0. The first-order chi connectivity index (χ1) is 29.1.